The van der Waals surface area contributed by atoms with Crippen LogP contribution < -0.4 is 14.4 Å². The summed E-state index contributed by atoms with van der Waals surface area (Å²) in [5.74, 6) is 2.61. The molecule has 1 amide bonds. The zero-order valence-corrected chi connectivity index (χ0v) is 20.1. The molecule has 0 spiro atoms. The van der Waals surface area contributed by atoms with Gasteiger partial charge in [-0.15, -0.1) is 10.2 Å². The normalized spacial score (nSPS) is 15.9. The average Bonchev–Trinajstić information content (AvgIpc) is 3.59. The van der Waals surface area contributed by atoms with Gasteiger partial charge in [0.1, 0.15) is 0 Å². The van der Waals surface area contributed by atoms with E-state index in [1.54, 1.807) is 0 Å². The van der Waals surface area contributed by atoms with Crippen molar-refractivity contribution in [2.75, 3.05) is 17.4 Å². The molecule has 7 nitrogen and oxygen atoms in total. The van der Waals surface area contributed by atoms with Gasteiger partial charge in [-0.25, -0.2) is 0 Å². The number of hydrogen-bond donors (Lipinski definition) is 0. The van der Waals surface area contributed by atoms with E-state index in [9.17, 15) is 4.79 Å². The van der Waals surface area contributed by atoms with E-state index in [0.717, 1.165) is 40.6 Å². The summed E-state index contributed by atoms with van der Waals surface area (Å²) in [5, 5.41) is 9.67. The van der Waals surface area contributed by atoms with E-state index in [-0.39, 0.29) is 24.5 Å². The van der Waals surface area contributed by atoms with Crippen LogP contribution in [0.25, 0.3) is 11.4 Å². The van der Waals surface area contributed by atoms with Crippen molar-refractivity contribution in [1.29, 1.82) is 0 Å². The van der Waals surface area contributed by atoms with Gasteiger partial charge in [-0.05, 0) is 42.7 Å². The van der Waals surface area contributed by atoms with Crippen LogP contribution in [0.4, 0.5) is 5.69 Å². The number of rotatable bonds is 6. The number of nitrogens with zero attached hydrogens (tertiary/aromatic N) is 4. The number of carbonyl (C=O) groups excluding carboxylic acids is 1. The van der Waals surface area contributed by atoms with E-state index >= 15 is 0 Å². The van der Waals surface area contributed by atoms with Crippen LogP contribution in [0.15, 0.2) is 78.0 Å². The first-order valence-corrected chi connectivity index (χ1v) is 12.6. The number of fused-ring (bicyclic) bond motifs is 2. The van der Waals surface area contributed by atoms with Crippen LogP contribution in [-0.4, -0.2) is 39.3 Å². The second-order valence-corrected chi connectivity index (χ2v) is 9.62. The van der Waals surface area contributed by atoms with Gasteiger partial charge in [0, 0.05) is 17.3 Å². The van der Waals surface area contributed by atoms with Crippen molar-refractivity contribution in [3.05, 3.63) is 83.9 Å². The van der Waals surface area contributed by atoms with Crippen LogP contribution in [0.3, 0.4) is 0 Å². The number of thioether (sulfide) groups is 1. The quantitative estimate of drug-likeness (QED) is 0.367. The molecule has 6 rings (SSSR count). The van der Waals surface area contributed by atoms with Gasteiger partial charge in [0.15, 0.2) is 22.5 Å². The highest BCUT2D eigenvalue weighted by molar-refractivity contribution is 7.99. The lowest BCUT2D eigenvalue weighted by Gasteiger charge is -2.22. The standard InChI is InChI=1S/C27H24N4O3S/c1-18-13-21-9-5-6-10-22(21)31(18)25(32)16-35-27-29-28-26(20-7-3-2-4-8-20)30(27)15-19-11-12-23-24(14-19)34-17-33-23/h2-12,14,18H,13,15-17H2,1H3. The summed E-state index contributed by atoms with van der Waals surface area (Å²) in [4.78, 5) is 15.2. The summed E-state index contributed by atoms with van der Waals surface area (Å²) in [5.41, 5.74) is 4.25. The topological polar surface area (TPSA) is 69.5 Å². The maximum Gasteiger partial charge on any atom is 0.237 e. The highest BCUT2D eigenvalue weighted by atomic mass is 32.2. The molecule has 0 aliphatic carbocycles. The minimum absolute atomic E-state index is 0.0753. The first kappa shape index (κ1) is 21.7. The summed E-state index contributed by atoms with van der Waals surface area (Å²) in [6.45, 7) is 2.88. The number of para-hydroxylation sites is 1. The monoisotopic (exact) mass is 484 g/mol. The van der Waals surface area contributed by atoms with Gasteiger partial charge in [0.2, 0.25) is 12.7 Å². The molecule has 0 saturated heterocycles. The lowest BCUT2D eigenvalue weighted by Crippen LogP contribution is -2.37. The summed E-state index contributed by atoms with van der Waals surface area (Å²) < 4.78 is 13.1. The SMILES string of the molecule is CC1Cc2ccccc2N1C(=O)CSc1nnc(-c2ccccc2)n1Cc1ccc2c(c1)OCO2. The fourth-order valence-electron chi connectivity index (χ4n) is 4.70. The first-order chi connectivity index (χ1) is 17.2. The molecular formula is C27H24N4O3S. The average molecular weight is 485 g/mol. The van der Waals surface area contributed by atoms with Crippen LogP contribution in [0.1, 0.15) is 18.1 Å². The van der Waals surface area contributed by atoms with Crippen molar-refractivity contribution < 1.29 is 14.3 Å². The third-order valence-electron chi connectivity index (χ3n) is 6.33. The smallest absolute Gasteiger partial charge is 0.237 e. The minimum atomic E-state index is 0.0753. The lowest BCUT2D eigenvalue weighted by atomic mass is 10.1. The molecule has 3 aromatic carbocycles. The Kier molecular flexibility index (Phi) is 5.66. The van der Waals surface area contributed by atoms with E-state index in [4.69, 9.17) is 9.47 Å². The second-order valence-electron chi connectivity index (χ2n) is 8.68. The number of benzene rings is 3. The number of ether oxygens (including phenoxy) is 2. The second kappa shape index (κ2) is 9.11. The van der Waals surface area contributed by atoms with Crippen molar-refractivity contribution in [2.45, 2.75) is 31.1 Å². The third-order valence-corrected chi connectivity index (χ3v) is 7.28. The molecule has 0 bridgehead atoms. The highest BCUT2D eigenvalue weighted by Crippen LogP contribution is 2.35. The van der Waals surface area contributed by atoms with Crippen molar-refractivity contribution in [1.82, 2.24) is 14.8 Å². The van der Waals surface area contributed by atoms with E-state index in [1.807, 2.05) is 71.6 Å². The van der Waals surface area contributed by atoms with Gasteiger partial charge in [-0.1, -0.05) is 66.4 Å². The number of carbonyl (C=O) groups is 1. The van der Waals surface area contributed by atoms with Crippen LogP contribution in [0, 0.1) is 0 Å². The lowest BCUT2D eigenvalue weighted by molar-refractivity contribution is -0.116. The van der Waals surface area contributed by atoms with Gasteiger partial charge >= 0.3 is 0 Å². The van der Waals surface area contributed by atoms with Gasteiger partial charge in [0.05, 0.1) is 12.3 Å². The van der Waals surface area contributed by atoms with Crippen LogP contribution in [-0.2, 0) is 17.8 Å². The summed E-state index contributed by atoms with van der Waals surface area (Å²) >= 11 is 1.42. The Morgan fingerprint density at radius 2 is 1.80 bits per heavy atom. The first-order valence-electron chi connectivity index (χ1n) is 11.6. The Hall–Kier alpha value is -3.78. The molecule has 1 aromatic heterocycles. The zero-order chi connectivity index (χ0) is 23.8. The highest BCUT2D eigenvalue weighted by Gasteiger charge is 2.30. The summed E-state index contributed by atoms with van der Waals surface area (Å²) in [6, 6.07) is 24.2. The van der Waals surface area contributed by atoms with Crippen molar-refractivity contribution in [3.63, 3.8) is 0 Å². The predicted molar refractivity (Wildman–Crippen MR) is 135 cm³/mol. The van der Waals surface area contributed by atoms with Gasteiger partial charge in [0.25, 0.3) is 0 Å². The maximum atomic E-state index is 13.3. The molecular weight excluding hydrogens is 460 g/mol. The molecule has 0 radical (unpaired) electrons. The molecule has 2 aliphatic heterocycles. The third kappa shape index (κ3) is 4.14. The number of aromatic nitrogens is 3. The largest absolute Gasteiger partial charge is 0.454 e. The fourth-order valence-corrected chi connectivity index (χ4v) is 5.50. The van der Waals surface area contributed by atoms with Gasteiger partial charge in [-0.2, -0.15) is 0 Å². The molecule has 35 heavy (non-hydrogen) atoms. The van der Waals surface area contributed by atoms with Crippen LogP contribution in [0.5, 0.6) is 11.5 Å². The Bertz CT molecular complexity index is 1390. The molecule has 0 N–H and O–H groups in total. The fraction of sp³-hybridized carbons (Fsp3) is 0.222. The Labute approximate surface area is 207 Å². The van der Waals surface area contributed by atoms with Crippen LogP contribution >= 0.6 is 11.8 Å². The molecule has 3 heterocycles. The maximum absolute atomic E-state index is 13.3. The zero-order valence-electron chi connectivity index (χ0n) is 19.3. The minimum Gasteiger partial charge on any atom is -0.454 e. The van der Waals surface area contributed by atoms with E-state index in [0.29, 0.717) is 11.7 Å². The van der Waals surface area contributed by atoms with E-state index in [2.05, 4.69) is 27.8 Å². The van der Waals surface area contributed by atoms with Gasteiger partial charge in [-0.3, -0.25) is 9.36 Å². The molecule has 0 saturated carbocycles. The van der Waals surface area contributed by atoms with Gasteiger partial charge < -0.3 is 14.4 Å². The number of hydrogen-bond acceptors (Lipinski definition) is 6. The summed E-state index contributed by atoms with van der Waals surface area (Å²) in [7, 11) is 0. The van der Waals surface area contributed by atoms with Crippen molar-refractivity contribution in [3.8, 4) is 22.9 Å². The molecule has 8 heteroatoms. The van der Waals surface area contributed by atoms with E-state index < -0.39 is 0 Å². The van der Waals surface area contributed by atoms with Crippen molar-refractivity contribution in [2.24, 2.45) is 0 Å². The summed E-state index contributed by atoms with van der Waals surface area (Å²) in [6.07, 6.45) is 0.880. The molecule has 0 fully saturated rings. The number of amides is 1. The molecule has 1 atom stereocenters. The molecule has 176 valence electrons. The number of anilines is 1. The Morgan fingerprint density at radius 3 is 2.69 bits per heavy atom. The molecule has 1 unspecified atom stereocenters. The van der Waals surface area contributed by atoms with Crippen molar-refractivity contribution >= 4 is 23.4 Å². The molecule has 4 aromatic rings. The van der Waals surface area contributed by atoms with E-state index in [1.165, 1.54) is 17.3 Å². The Balaban J connectivity index is 1.27. The van der Waals surface area contributed by atoms with Crippen LogP contribution in [0.2, 0.25) is 0 Å². The molecule has 2 aliphatic rings. The predicted octanol–water partition coefficient (Wildman–Crippen LogP) is 4.79. The Morgan fingerprint density at radius 1 is 1.00 bits per heavy atom.